The maximum Gasteiger partial charge on any atom is 0.0940 e. The summed E-state index contributed by atoms with van der Waals surface area (Å²) >= 11 is 0. The molecule has 92 valence electrons. The lowest BCUT2D eigenvalue weighted by Gasteiger charge is -2.10. The molecular formula is C11H18N6. The average Bonchev–Trinajstić information content (AvgIpc) is 2.36. The molecule has 1 aliphatic heterocycles. The molecule has 0 amide bonds. The van der Waals surface area contributed by atoms with Crippen LogP contribution in [0.1, 0.15) is 13.8 Å². The minimum absolute atomic E-state index is 0.182. The third-order valence-corrected chi connectivity index (χ3v) is 2.14. The highest BCUT2D eigenvalue weighted by atomic mass is 15.7. The number of hydrogen-bond acceptors (Lipinski definition) is 5. The van der Waals surface area contributed by atoms with E-state index in [4.69, 9.17) is 5.53 Å². The van der Waals surface area contributed by atoms with Gasteiger partial charge in [0.25, 0.3) is 0 Å². The van der Waals surface area contributed by atoms with Crippen molar-refractivity contribution >= 4 is 12.1 Å². The molecule has 0 aromatic heterocycles. The molecule has 0 saturated heterocycles. The highest BCUT2D eigenvalue weighted by Crippen LogP contribution is 2.01. The Morgan fingerprint density at radius 3 is 3.12 bits per heavy atom. The SMILES string of the molecule is CC1=NC\C=C/C(/C=N/N(C)N=N)=C\C(C)N1. The fourth-order valence-electron chi connectivity index (χ4n) is 1.40. The molecule has 1 aliphatic rings. The number of nitrogens with one attached hydrogen (secondary N) is 2. The zero-order chi connectivity index (χ0) is 12.7. The Hall–Kier alpha value is -1.98. The Morgan fingerprint density at radius 2 is 2.41 bits per heavy atom. The number of hydrogen-bond donors (Lipinski definition) is 2. The Labute approximate surface area is 101 Å². The summed E-state index contributed by atoms with van der Waals surface area (Å²) in [6.45, 7) is 4.64. The summed E-state index contributed by atoms with van der Waals surface area (Å²) in [6.07, 6.45) is 7.65. The second-order valence-electron chi connectivity index (χ2n) is 3.76. The number of rotatable bonds is 3. The van der Waals surface area contributed by atoms with Crippen LogP contribution in [-0.4, -0.2) is 36.8 Å². The molecule has 0 radical (unpaired) electrons. The van der Waals surface area contributed by atoms with E-state index in [1.54, 1.807) is 13.3 Å². The minimum Gasteiger partial charge on any atom is -0.368 e. The van der Waals surface area contributed by atoms with Crippen LogP contribution in [0.5, 0.6) is 0 Å². The van der Waals surface area contributed by atoms with Crippen LogP contribution in [0, 0.1) is 5.53 Å². The van der Waals surface area contributed by atoms with E-state index in [1.807, 2.05) is 32.1 Å². The van der Waals surface area contributed by atoms with Gasteiger partial charge in [-0.25, -0.2) is 0 Å². The van der Waals surface area contributed by atoms with Crippen molar-refractivity contribution in [2.45, 2.75) is 19.9 Å². The van der Waals surface area contributed by atoms with Crippen molar-refractivity contribution in [2.75, 3.05) is 13.6 Å². The van der Waals surface area contributed by atoms with Gasteiger partial charge in [0.2, 0.25) is 0 Å². The predicted molar refractivity (Wildman–Crippen MR) is 69.2 cm³/mol. The highest BCUT2D eigenvalue weighted by molar-refractivity contribution is 5.84. The molecular weight excluding hydrogens is 216 g/mol. The first-order chi connectivity index (χ1) is 8.11. The Balaban J connectivity index is 2.80. The number of nitrogens with zero attached hydrogens (tertiary/aromatic N) is 4. The minimum atomic E-state index is 0.182. The molecule has 1 rings (SSSR count). The van der Waals surface area contributed by atoms with Crippen LogP contribution in [0.15, 0.2) is 39.1 Å². The van der Waals surface area contributed by atoms with Gasteiger partial charge in [0, 0.05) is 6.04 Å². The Morgan fingerprint density at radius 1 is 1.65 bits per heavy atom. The molecule has 0 spiro atoms. The van der Waals surface area contributed by atoms with Gasteiger partial charge in [0.05, 0.1) is 25.6 Å². The normalized spacial score (nSPS) is 25.7. The Kier molecular flexibility index (Phi) is 5.06. The molecule has 0 saturated carbocycles. The van der Waals surface area contributed by atoms with Crippen LogP contribution >= 0.6 is 0 Å². The molecule has 6 nitrogen and oxygen atoms in total. The van der Waals surface area contributed by atoms with Crippen LogP contribution in [0.4, 0.5) is 0 Å². The van der Waals surface area contributed by atoms with Crippen molar-refractivity contribution in [3.8, 4) is 0 Å². The van der Waals surface area contributed by atoms with Crippen LogP contribution in [0.25, 0.3) is 0 Å². The van der Waals surface area contributed by atoms with E-state index in [0.717, 1.165) is 11.4 Å². The molecule has 0 aromatic rings. The van der Waals surface area contributed by atoms with Gasteiger partial charge in [-0.1, -0.05) is 23.5 Å². The summed E-state index contributed by atoms with van der Waals surface area (Å²) in [7, 11) is 1.61. The quantitative estimate of drug-likeness (QED) is 0.443. The molecule has 1 heterocycles. The predicted octanol–water partition coefficient (Wildman–Crippen LogP) is 1.74. The standard InChI is InChI=1S/C11H18N6/c1-9-7-11(8-14-17(3)16-12)5-4-6-13-10(2)15-9/h4-5,7-9,12H,6H2,1-3H3,(H,13,15)/b5-4-,11-7+,14-8+,16-12?. The molecule has 0 aromatic carbocycles. The summed E-state index contributed by atoms with van der Waals surface area (Å²) in [5.41, 5.74) is 7.74. The zero-order valence-electron chi connectivity index (χ0n) is 10.4. The van der Waals surface area contributed by atoms with Gasteiger partial charge < -0.3 is 5.32 Å². The van der Waals surface area contributed by atoms with Gasteiger partial charge in [-0.05, 0) is 19.4 Å². The van der Waals surface area contributed by atoms with Crippen LogP contribution in [-0.2, 0) is 0 Å². The smallest absolute Gasteiger partial charge is 0.0940 e. The zero-order valence-corrected chi connectivity index (χ0v) is 10.4. The van der Waals surface area contributed by atoms with E-state index in [0.29, 0.717) is 6.54 Å². The van der Waals surface area contributed by atoms with Crippen molar-refractivity contribution in [3.05, 3.63) is 23.8 Å². The first-order valence-corrected chi connectivity index (χ1v) is 5.43. The molecule has 1 atom stereocenters. The lowest BCUT2D eigenvalue weighted by atomic mass is 10.2. The summed E-state index contributed by atoms with van der Waals surface area (Å²) in [5, 5.41) is 11.6. The number of amidine groups is 1. The monoisotopic (exact) mass is 234 g/mol. The van der Waals surface area contributed by atoms with E-state index >= 15 is 0 Å². The lowest BCUT2D eigenvalue weighted by molar-refractivity contribution is 0.341. The largest absolute Gasteiger partial charge is 0.368 e. The summed E-state index contributed by atoms with van der Waals surface area (Å²) in [5.74, 6) is 0.926. The maximum atomic E-state index is 6.77. The van der Waals surface area contributed by atoms with Gasteiger partial charge in [-0.15, -0.1) is 0 Å². The van der Waals surface area contributed by atoms with E-state index in [1.165, 1.54) is 5.12 Å². The number of aliphatic imine (C=N–C) groups is 1. The topological polar surface area (TPSA) is 76.2 Å². The molecule has 1 unspecified atom stereocenters. The molecule has 0 aliphatic carbocycles. The van der Waals surface area contributed by atoms with Crippen molar-refractivity contribution < 1.29 is 0 Å². The first-order valence-electron chi connectivity index (χ1n) is 5.43. The second-order valence-corrected chi connectivity index (χ2v) is 3.76. The van der Waals surface area contributed by atoms with Gasteiger partial charge in [0.1, 0.15) is 0 Å². The molecule has 6 heteroatoms. The van der Waals surface area contributed by atoms with Crippen LogP contribution in [0.3, 0.4) is 0 Å². The lowest BCUT2D eigenvalue weighted by Crippen LogP contribution is -2.29. The van der Waals surface area contributed by atoms with Crippen LogP contribution in [0.2, 0.25) is 0 Å². The fraction of sp³-hybridized carbons (Fsp3) is 0.455. The van der Waals surface area contributed by atoms with Gasteiger partial charge in [-0.2, -0.15) is 15.8 Å². The van der Waals surface area contributed by atoms with Crippen molar-refractivity contribution in [3.63, 3.8) is 0 Å². The van der Waals surface area contributed by atoms with Gasteiger partial charge in [0.15, 0.2) is 0 Å². The van der Waals surface area contributed by atoms with Gasteiger partial charge >= 0.3 is 0 Å². The van der Waals surface area contributed by atoms with Gasteiger partial charge in [-0.3, -0.25) is 4.99 Å². The number of hydrazone groups is 1. The third kappa shape index (κ3) is 5.05. The van der Waals surface area contributed by atoms with Crippen molar-refractivity contribution in [2.24, 2.45) is 15.3 Å². The Bertz CT molecular complexity index is 379. The van der Waals surface area contributed by atoms with Crippen molar-refractivity contribution in [1.82, 2.24) is 10.4 Å². The second kappa shape index (κ2) is 6.57. The molecule has 0 bridgehead atoms. The maximum absolute atomic E-state index is 6.77. The first kappa shape index (κ1) is 13.1. The molecule has 0 fully saturated rings. The third-order valence-electron chi connectivity index (χ3n) is 2.14. The van der Waals surface area contributed by atoms with E-state index in [-0.39, 0.29) is 6.04 Å². The summed E-state index contributed by atoms with van der Waals surface area (Å²) in [4.78, 5) is 4.32. The van der Waals surface area contributed by atoms with E-state index in [9.17, 15) is 0 Å². The summed E-state index contributed by atoms with van der Waals surface area (Å²) < 4.78 is 0. The van der Waals surface area contributed by atoms with Crippen molar-refractivity contribution in [1.29, 1.82) is 5.53 Å². The molecule has 17 heavy (non-hydrogen) atoms. The summed E-state index contributed by atoms with van der Waals surface area (Å²) in [6, 6.07) is 0.182. The van der Waals surface area contributed by atoms with E-state index < -0.39 is 0 Å². The highest BCUT2D eigenvalue weighted by Gasteiger charge is 2.01. The molecule has 2 N–H and O–H groups in total. The average molecular weight is 234 g/mol. The van der Waals surface area contributed by atoms with Crippen LogP contribution < -0.4 is 5.32 Å². The van der Waals surface area contributed by atoms with E-state index in [2.05, 4.69) is 20.6 Å². The fourth-order valence-corrected chi connectivity index (χ4v) is 1.40. The number of allylic oxidation sites excluding steroid dienone is 2.